The number of amides is 2. The maximum Gasteiger partial charge on any atom is 0.320 e. The molecule has 3 rings (SSSR count). The van der Waals surface area contributed by atoms with Crippen molar-refractivity contribution in [2.75, 3.05) is 25.4 Å². The summed E-state index contributed by atoms with van der Waals surface area (Å²) in [5, 5.41) is 0. The number of nitrogens with zero attached hydrogens (tertiary/aromatic N) is 2. The molecular formula is C15H19BrN2OS. The van der Waals surface area contributed by atoms with Crippen LogP contribution in [0.15, 0.2) is 27.6 Å². The van der Waals surface area contributed by atoms with E-state index in [4.69, 9.17) is 0 Å². The van der Waals surface area contributed by atoms with Crippen LogP contribution in [0, 0.1) is 0 Å². The molecule has 0 spiro atoms. The summed E-state index contributed by atoms with van der Waals surface area (Å²) in [7, 11) is 0. The summed E-state index contributed by atoms with van der Waals surface area (Å²) in [5.74, 6) is 0.975. The van der Waals surface area contributed by atoms with Crippen molar-refractivity contribution in [2.24, 2.45) is 0 Å². The average Bonchev–Trinajstić information content (AvgIpc) is 2.71. The van der Waals surface area contributed by atoms with E-state index in [2.05, 4.69) is 34.1 Å². The van der Waals surface area contributed by atoms with Crippen molar-refractivity contribution in [3.63, 3.8) is 0 Å². The van der Waals surface area contributed by atoms with Gasteiger partial charge in [0, 0.05) is 41.3 Å². The number of carbonyl (C=O) groups is 1. The topological polar surface area (TPSA) is 23.6 Å². The standard InChI is InChI=1S/C15H19BrN2OS/c16-13-5-4-6-14-12(13)11-18(9-10-20-14)15(19)17-7-2-1-3-8-17/h4-6H,1-3,7-11H2. The van der Waals surface area contributed by atoms with Crippen LogP contribution in [0.1, 0.15) is 24.8 Å². The lowest BCUT2D eigenvalue weighted by molar-refractivity contribution is 0.143. The van der Waals surface area contributed by atoms with Crippen LogP contribution in [0.2, 0.25) is 0 Å². The Kier molecular flexibility index (Phi) is 4.56. The Morgan fingerprint density at radius 1 is 1.10 bits per heavy atom. The number of hydrogen-bond acceptors (Lipinski definition) is 2. The second-order valence-electron chi connectivity index (χ2n) is 5.32. The Bertz CT molecular complexity index is 503. The maximum absolute atomic E-state index is 12.7. The van der Waals surface area contributed by atoms with Gasteiger partial charge in [0.05, 0.1) is 0 Å². The quantitative estimate of drug-likeness (QED) is 0.703. The molecule has 1 fully saturated rings. The first-order valence-electron chi connectivity index (χ1n) is 7.20. The molecule has 0 radical (unpaired) electrons. The van der Waals surface area contributed by atoms with Crippen molar-refractivity contribution in [1.29, 1.82) is 0 Å². The number of fused-ring (bicyclic) bond motifs is 1. The molecular weight excluding hydrogens is 336 g/mol. The van der Waals surface area contributed by atoms with Crippen LogP contribution >= 0.6 is 27.7 Å². The molecule has 108 valence electrons. The van der Waals surface area contributed by atoms with Gasteiger partial charge in [-0.3, -0.25) is 0 Å². The molecule has 0 aromatic heterocycles. The van der Waals surface area contributed by atoms with E-state index in [1.165, 1.54) is 16.9 Å². The van der Waals surface area contributed by atoms with Gasteiger partial charge < -0.3 is 9.80 Å². The van der Waals surface area contributed by atoms with Crippen molar-refractivity contribution >= 4 is 33.7 Å². The lowest BCUT2D eigenvalue weighted by Crippen LogP contribution is -2.45. The number of carbonyl (C=O) groups excluding carboxylic acids is 1. The summed E-state index contributed by atoms with van der Waals surface area (Å²) in [6.07, 6.45) is 3.55. The van der Waals surface area contributed by atoms with Gasteiger partial charge in [-0.05, 0) is 37.0 Å². The number of halogens is 1. The van der Waals surface area contributed by atoms with Crippen LogP contribution in [-0.2, 0) is 6.54 Å². The zero-order chi connectivity index (χ0) is 13.9. The van der Waals surface area contributed by atoms with E-state index in [9.17, 15) is 4.79 Å². The zero-order valence-electron chi connectivity index (χ0n) is 11.5. The Labute approximate surface area is 132 Å². The number of piperidine rings is 1. The molecule has 0 unspecified atom stereocenters. The third kappa shape index (κ3) is 2.98. The Balaban J connectivity index is 1.78. The third-order valence-corrected chi connectivity index (χ3v) is 5.76. The first-order valence-corrected chi connectivity index (χ1v) is 8.97. The van der Waals surface area contributed by atoms with Gasteiger partial charge in [-0.25, -0.2) is 4.79 Å². The molecule has 1 saturated heterocycles. The molecule has 5 heteroatoms. The summed E-state index contributed by atoms with van der Waals surface area (Å²) in [4.78, 5) is 18.0. The molecule has 2 aliphatic rings. The average molecular weight is 355 g/mol. The third-order valence-electron chi connectivity index (χ3n) is 3.94. The van der Waals surface area contributed by atoms with E-state index in [0.717, 1.165) is 49.2 Å². The lowest BCUT2D eigenvalue weighted by atomic mass is 10.1. The van der Waals surface area contributed by atoms with Crippen LogP contribution in [0.5, 0.6) is 0 Å². The number of thioether (sulfide) groups is 1. The van der Waals surface area contributed by atoms with Crippen molar-refractivity contribution in [3.05, 3.63) is 28.2 Å². The van der Waals surface area contributed by atoms with Crippen LogP contribution < -0.4 is 0 Å². The lowest BCUT2D eigenvalue weighted by Gasteiger charge is -2.32. The van der Waals surface area contributed by atoms with E-state index in [1.807, 2.05) is 21.6 Å². The molecule has 2 aliphatic heterocycles. The molecule has 2 amide bonds. The molecule has 20 heavy (non-hydrogen) atoms. The predicted molar refractivity (Wildman–Crippen MR) is 86.1 cm³/mol. The highest BCUT2D eigenvalue weighted by atomic mass is 79.9. The normalized spacial score (nSPS) is 19.4. The summed E-state index contributed by atoms with van der Waals surface area (Å²) in [6.45, 7) is 3.40. The fourth-order valence-corrected chi connectivity index (χ4v) is 4.49. The Morgan fingerprint density at radius 3 is 2.70 bits per heavy atom. The second-order valence-corrected chi connectivity index (χ2v) is 7.31. The first kappa shape index (κ1) is 14.3. The van der Waals surface area contributed by atoms with Gasteiger partial charge in [0.15, 0.2) is 0 Å². The monoisotopic (exact) mass is 354 g/mol. The van der Waals surface area contributed by atoms with Crippen LogP contribution in [0.3, 0.4) is 0 Å². The van der Waals surface area contributed by atoms with Gasteiger partial charge in [-0.15, -0.1) is 11.8 Å². The van der Waals surface area contributed by atoms with E-state index >= 15 is 0 Å². The summed E-state index contributed by atoms with van der Waals surface area (Å²) < 4.78 is 1.11. The van der Waals surface area contributed by atoms with E-state index < -0.39 is 0 Å². The number of urea groups is 1. The van der Waals surface area contributed by atoms with Crippen molar-refractivity contribution < 1.29 is 4.79 Å². The van der Waals surface area contributed by atoms with Gasteiger partial charge >= 0.3 is 6.03 Å². The molecule has 3 nitrogen and oxygen atoms in total. The minimum absolute atomic E-state index is 0.217. The number of likely N-dealkylation sites (tertiary alicyclic amines) is 1. The molecule has 2 heterocycles. The van der Waals surface area contributed by atoms with E-state index in [1.54, 1.807) is 0 Å². The minimum Gasteiger partial charge on any atom is -0.325 e. The zero-order valence-corrected chi connectivity index (χ0v) is 13.9. The largest absolute Gasteiger partial charge is 0.325 e. The molecule has 1 aromatic carbocycles. The molecule has 0 aliphatic carbocycles. The van der Waals surface area contributed by atoms with Gasteiger partial charge in [0.25, 0.3) is 0 Å². The number of hydrogen-bond donors (Lipinski definition) is 0. The molecule has 1 aromatic rings. The molecule has 0 atom stereocenters. The maximum atomic E-state index is 12.7. The van der Waals surface area contributed by atoms with Gasteiger partial charge in [-0.1, -0.05) is 22.0 Å². The predicted octanol–water partition coefficient (Wildman–Crippen LogP) is 3.96. The fourth-order valence-electron chi connectivity index (χ4n) is 2.81. The molecule has 0 saturated carbocycles. The van der Waals surface area contributed by atoms with Crippen molar-refractivity contribution in [1.82, 2.24) is 9.80 Å². The summed E-state index contributed by atoms with van der Waals surface area (Å²) >= 11 is 5.47. The minimum atomic E-state index is 0.217. The smallest absolute Gasteiger partial charge is 0.320 e. The highest BCUT2D eigenvalue weighted by Gasteiger charge is 2.25. The van der Waals surface area contributed by atoms with Gasteiger partial charge in [0.2, 0.25) is 0 Å². The van der Waals surface area contributed by atoms with E-state index in [-0.39, 0.29) is 6.03 Å². The number of benzene rings is 1. The second kappa shape index (κ2) is 6.39. The first-order chi connectivity index (χ1) is 9.75. The Morgan fingerprint density at radius 2 is 1.90 bits per heavy atom. The van der Waals surface area contributed by atoms with Crippen LogP contribution in [-0.4, -0.2) is 41.2 Å². The summed E-state index contributed by atoms with van der Waals surface area (Å²) in [6, 6.07) is 6.50. The van der Waals surface area contributed by atoms with Crippen LogP contribution in [0.4, 0.5) is 4.79 Å². The van der Waals surface area contributed by atoms with Crippen LogP contribution in [0.25, 0.3) is 0 Å². The van der Waals surface area contributed by atoms with Crippen molar-refractivity contribution in [2.45, 2.75) is 30.7 Å². The summed E-state index contributed by atoms with van der Waals surface area (Å²) in [5.41, 5.74) is 1.25. The highest BCUT2D eigenvalue weighted by Crippen LogP contribution is 2.32. The number of rotatable bonds is 0. The van der Waals surface area contributed by atoms with E-state index in [0.29, 0.717) is 0 Å². The SMILES string of the molecule is O=C(N1CCCCC1)N1CCSc2cccc(Br)c2C1. The Hall–Kier alpha value is -0.680. The van der Waals surface area contributed by atoms with Crippen molar-refractivity contribution in [3.8, 4) is 0 Å². The molecule has 0 N–H and O–H groups in total. The fraction of sp³-hybridized carbons (Fsp3) is 0.533. The highest BCUT2D eigenvalue weighted by molar-refractivity contribution is 9.10. The van der Waals surface area contributed by atoms with Gasteiger partial charge in [0.1, 0.15) is 0 Å². The van der Waals surface area contributed by atoms with Gasteiger partial charge in [-0.2, -0.15) is 0 Å². The molecule has 0 bridgehead atoms.